The summed E-state index contributed by atoms with van der Waals surface area (Å²) in [6.07, 6.45) is 2.71. The lowest BCUT2D eigenvalue weighted by atomic mass is 10.2. The smallest absolute Gasteiger partial charge is 0.175 e. The van der Waals surface area contributed by atoms with E-state index in [1.807, 2.05) is 0 Å². The van der Waals surface area contributed by atoms with Crippen molar-refractivity contribution in [2.75, 3.05) is 12.0 Å². The second kappa shape index (κ2) is 4.66. The van der Waals surface area contributed by atoms with Crippen LogP contribution in [0.3, 0.4) is 0 Å². The van der Waals surface area contributed by atoms with Crippen molar-refractivity contribution in [1.29, 1.82) is 0 Å². The Morgan fingerprint density at radius 2 is 1.83 bits per heavy atom. The van der Waals surface area contributed by atoms with Crippen LogP contribution in [0.15, 0.2) is 40.0 Å². The first kappa shape index (κ1) is 13.0. The van der Waals surface area contributed by atoms with Gasteiger partial charge in [-0.1, -0.05) is 12.1 Å². The fraction of sp³-hybridized carbons (Fsp3) is 0.0909. The van der Waals surface area contributed by atoms with Gasteiger partial charge in [-0.3, -0.25) is 0 Å². The summed E-state index contributed by atoms with van der Waals surface area (Å²) in [5.74, 6) is 0.312. The van der Waals surface area contributed by atoms with Gasteiger partial charge in [-0.05, 0) is 28.1 Å². The summed E-state index contributed by atoms with van der Waals surface area (Å²) in [6, 6.07) is 6.44. The second-order valence-corrected chi connectivity index (χ2v) is 6.49. The Morgan fingerprint density at radius 1 is 1.22 bits per heavy atom. The average Bonchev–Trinajstić information content (AvgIpc) is 2.32. The van der Waals surface area contributed by atoms with E-state index in [0.29, 0.717) is 16.1 Å². The van der Waals surface area contributed by atoms with E-state index < -0.39 is 9.84 Å². The van der Waals surface area contributed by atoms with Crippen molar-refractivity contribution in [3.05, 3.63) is 35.1 Å². The van der Waals surface area contributed by atoms with Gasteiger partial charge in [-0.2, -0.15) is 0 Å². The van der Waals surface area contributed by atoms with Crippen molar-refractivity contribution in [3.8, 4) is 11.3 Å². The quantitative estimate of drug-likeness (QED) is 0.910. The molecule has 0 aliphatic carbocycles. The summed E-state index contributed by atoms with van der Waals surface area (Å²) in [4.78, 5) is 8.46. The summed E-state index contributed by atoms with van der Waals surface area (Å²) < 4.78 is 23.1. The van der Waals surface area contributed by atoms with Crippen LogP contribution in [-0.2, 0) is 9.84 Å². The monoisotopic (exact) mass is 327 g/mol. The van der Waals surface area contributed by atoms with E-state index in [-0.39, 0.29) is 4.90 Å². The fourth-order valence-electron chi connectivity index (χ4n) is 1.39. The van der Waals surface area contributed by atoms with Gasteiger partial charge in [0.25, 0.3) is 0 Å². The lowest BCUT2D eigenvalue weighted by Crippen LogP contribution is -1.97. The first-order valence-corrected chi connectivity index (χ1v) is 7.65. The third-order valence-corrected chi connectivity index (χ3v) is 4.05. The maximum Gasteiger partial charge on any atom is 0.175 e. The first-order valence-electron chi connectivity index (χ1n) is 4.96. The van der Waals surface area contributed by atoms with Gasteiger partial charge in [-0.25, -0.2) is 18.4 Å². The average molecular weight is 328 g/mol. The molecule has 0 unspecified atom stereocenters. The van der Waals surface area contributed by atoms with Crippen molar-refractivity contribution in [2.45, 2.75) is 4.90 Å². The lowest BCUT2D eigenvalue weighted by Gasteiger charge is -2.04. The highest BCUT2D eigenvalue weighted by Crippen LogP contribution is 2.22. The Bertz CT molecular complexity index is 684. The maximum absolute atomic E-state index is 11.3. The molecule has 0 saturated carbocycles. The van der Waals surface area contributed by atoms with Crippen LogP contribution in [0, 0.1) is 0 Å². The van der Waals surface area contributed by atoms with E-state index in [4.69, 9.17) is 5.73 Å². The Morgan fingerprint density at radius 3 is 2.33 bits per heavy atom. The van der Waals surface area contributed by atoms with Crippen molar-refractivity contribution < 1.29 is 8.42 Å². The number of rotatable bonds is 2. The molecule has 0 amide bonds. The van der Waals surface area contributed by atoms with Gasteiger partial charge in [0.1, 0.15) is 4.60 Å². The molecule has 0 spiro atoms. The van der Waals surface area contributed by atoms with E-state index in [1.54, 1.807) is 12.1 Å². The van der Waals surface area contributed by atoms with Crippen molar-refractivity contribution in [3.63, 3.8) is 0 Å². The van der Waals surface area contributed by atoms with Crippen LogP contribution in [0.5, 0.6) is 0 Å². The molecule has 5 nitrogen and oxygen atoms in total. The topological polar surface area (TPSA) is 85.9 Å². The van der Waals surface area contributed by atoms with E-state index >= 15 is 0 Å². The number of halogens is 1. The van der Waals surface area contributed by atoms with Gasteiger partial charge in [-0.15, -0.1) is 0 Å². The van der Waals surface area contributed by atoms with E-state index in [9.17, 15) is 8.42 Å². The molecular formula is C11H10BrN3O2S. The standard InChI is InChI=1S/C11H10BrN3O2S/c1-18(16,17)8-4-2-7(3-5-8)9-6-14-11(13)10(12)15-9/h2-6H,1H3,(H2,13,14). The Labute approximate surface area is 113 Å². The summed E-state index contributed by atoms with van der Waals surface area (Å²) >= 11 is 3.20. The van der Waals surface area contributed by atoms with Crippen LogP contribution in [-0.4, -0.2) is 24.6 Å². The van der Waals surface area contributed by atoms with E-state index in [0.717, 1.165) is 5.56 Å². The molecule has 7 heteroatoms. The third-order valence-electron chi connectivity index (χ3n) is 2.33. The Kier molecular flexibility index (Phi) is 3.36. The third kappa shape index (κ3) is 2.68. The molecule has 18 heavy (non-hydrogen) atoms. The summed E-state index contributed by atoms with van der Waals surface area (Å²) in [7, 11) is -3.18. The van der Waals surface area contributed by atoms with Crippen LogP contribution in [0.4, 0.5) is 5.82 Å². The number of anilines is 1. The van der Waals surface area contributed by atoms with Gasteiger partial charge < -0.3 is 5.73 Å². The number of hydrogen-bond donors (Lipinski definition) is 1. The number of nitrogens with two attached hydrogens (primary N) is 1. The zero-order valence-corrected chi connectivity index (χ0v) is 11.9. The molecule has 0 radical (unpaired) electrons. The van der Waals surface area contributed by atoms with Crippen LogP contribution >= 0.6 is 15.9 Å². The van der Waals surface area contributed by atoms with Crippen LogP contribution in [0.1, 0.15) is 0 Å². The molecule has 0 aliphatic heterocycles. The molecule has 0 bridgehead atoms. The Balaban J connectivity index is 2.43. The van der Waals surface area contributed by atoms with Crippen LogP contribution < -0.4 is 5.73 Å². The highest BCUT2D eigenvalue weighted by atomic mass is 79.9. The van der Waals surface area contributed by atoms with Gasteiger partial charge in [0.05, 0.1) is 16.8 Å². The molecule has 1 aromatic carbocycles. The number of hydrogen-bond acceptors (Lipinski definition) is 5. The maximum atomic E-state index is 11.3. The van der Waals surface area contributed by atoms with Gasteiger partial charge >= 0.3 is 0 Å². The number of nitrogen functional groups attached to an aromatic ring is 1. The predicted molar refractivity (Wildman–Crippen MR) is 72.7 cm³/mol. The first-order chi connectivity index (χ1) is 8.38. The Hall–Kier alpha value is -1.47. The molecule has 2 N–H and O–H groups in total. The zero-order valence-electron chi connectivity index (χ0n) is 9.46. The number of aromatic nitrogens is 2. The van der Waals surface area contributed by atoms with E-state index in [1.165, 1.54) is 24.6 Å². The minimum absolute atomic E-state index is 0.272. The molecule has 0 atom stereocenters. The molecular weight excluding hydrogens is 318 g/mol. The van der Waals surface area contributed by atoms with Crippen molar-refractivity contribution in [2.24, 2.45) is 0 Å². The summed E-state index contributed by atoms with van der Waals surface area (Å²) in [5, 5.41) is 0. The number of nitrogens with zero attached hydrogens (tertiary/aromatic N) is 2. The van der Waals surface area contributed by atoms with Gasteiger partial charge in [0.15, 0.2) is 15.7 Å². The molecule has 1 heterocycles. The molecule has 0 saturated heterocycles. The predicted octanol–water partition coefficient (Wildman–Crippen LogP) is 1.89. The molecule has 2 aromatic rings. The lowest BCUT2D eigenvalue weighted by molar-refractivity contribution is 0.602. The summed E-state index contributed by atoms with van der Waals surface area (Å²) in [6.45, 7) is 0. The van der Waals surface area contributed by atoms with E-state index in [2.05, 4.69) is 25.9 Å². The normalized spacial score (nSPS) is 11.4. The zero-order chi connectivity index (χ0) is 13.3. The SMILES string of the molecule is CS(=O)(=O)c1ccc(-c2cnc(N)c(Br)n2)cc1. The molecule has 0 fully saturated rings. The minimum Gasteiger partial charge on any atom is -0.381 e. The molecule has 0 aliphatic rings. The second-order valence-electron chi connectivity index (χ2n) is 3.73. The van der Waals surface area contributed by atoms with Crippen LogP contribution in [0.2, 0.25) is 0 Å². The molecule has 2 rings (SSSR count). The molecule has 94 valence electrons. The molecule has 1 aromatic heterocycles. The van der Waals surface area contributed by atoms with Crippen LogP contribution in [0.25, 0.3) is 11.3 Å². The van der Waals surface area contributed by atoms with Crippen molar-refractivity contribution >= 4 is 31.6 Å². The number of benzene rings is 1. The van der Waals surface area contributed by atoms with Gasteiger partial charge in [0.2, 0.25) is 0 Å². The highest BCUT2D eigenvalue weighted by molar-refractivity contribution is 9.10. The fourth-order valence-corrected chi connectivity index (χ4v) is 2.31. The minimum atomic E-state index is -3.18. The largest absolute Gasteiger partial charge is 0.381 e. The summed E-state index contributed by atoms with van der Waals surface area (Å²) in [5.41, 5.74) is 6.94. The highest BCUT2D eigenvalue weighted by Gasteiger charge is 2.08. The number of sulfone groups is 1. The van der Waals surface area contributed by atoms with Crippen molar-refractivity contribution in [1.82, 2.24) is 9.97 Å². The van der Waals surface area contributed by atoms with Gasteiger partial charge in [0, 0.05) is 11.8 Å².